The molecule has 0 radical (unpaired) electrons. The number of ether oxygens (including phenoxy) is 2. The Morgan fingerprint density at radius 2 is 2.12 bits per heavy atom. The van der Waals surface area contributed by atoms with E-state index in [2.05, 4.69) is 24.8 Å². The van der Waals surface area contributed by atoms with Crippen molar-refractivity contribution >= 4 is 32.7 Å². The lowest BCUT2D eigenvalue weighted by Crippen LogP contribution is -2.51. The summed E-state index contributed by atoms with van der Waals surface area (Å²) in [5.41, 5.74) is 1.04. The van der Waals surface area contributed by atoms with Crippen molar-refractivity contribution in [3.63, 3.8) is 0 Å². The molecule has 0 bridgehead atoms. The molecule has 0 unspecified atom stereocenters. The van der Waals surface area contributed by atoms with Crippen molar-refractivity contribution in [3.8, 4) is 10.7 Å². The van der Waals surface area contributed by atoms with E-state index in [1.807, 2.05) is 6.92 Å². The molecule has 1 saturated carbocycles. The number of nitrogens with one attached hydrogen (secondary N) is 1. The van der Waals surface area contributed by atoms with Crippen molar-refractivity contribution in [2.24, 2.45) is 0 Å². The molecule has 5 heterocycles. The first kappa shape index (κ1) is 22.2. The van der Waals surface area contributed by atoms with Crippen LogP contribution in [-0.2, 0) is 19.5 Å². The van der Waals surface area contributed by atoms with Gasteiger partial charge in [0.25, 0.3) is 6.43 Å². The van der Waals surface area contributed by atoms with Crippen LogP contribution in [0.4, 0.5) is 14.5 Å². The number of imidazole rings is 1. The summed E-state index contributed by atoms with van der Waals surface area (Å²) in [7, 11) is -3.86. The molecule has 3 fully saturated rings. The predicted molar refractivity (Wildman–Crippen MR) is 119 cm³/mol. The summed E-state index contributed by atoms with van der Waals surface area (Å²) in [6, 6.07) is 1.53. The minimum atomic E-state index is -3.86. The highest BCUT2D eigenvalue weighted by Gasteiger charge is 2.42. The summed E-state index contributed by atoms with van der Waals surface area (Å²) < 4.78 is 68.7. The maximum Gasteiger partial charge on any atom is 0.291 e. The molecule has 0 spiro atoms. The van der Waals surface area contributed by atoms with Gasteiger partial charge in [-0.2, -0.15) is 0 Å². The van der Waals surface area contributed by atoms with Crippen LogP contribution in [0.1, 0.15) is 31.2 Å². The summed E-state index contributed by atoms with van der Waals surface area (Å²) in [6.07, 6.45) is 1.63. The van der Waals surface area contributed by atoms with E-state index < -0.39 is 27.0 Å². The second kappa shape index (κ2) is 7.88. The Morgan fingerprint density at radius 3 is 2.85 bits per heavy atom. The highest BCUT2D eigenvalue weighted by Crippen LogP contribution is 2.38. The molecule has 14 heteroatoms. The zero-order chi connectivity index (χ0) is 23.7. The zero-order valence-corrected chi connectivity index (χ0v) is 19.8. The first-order valence-corrected chi connectivity index (χ1v) is 13.2. The van der Waals surface area contributed by atoms with Crippen molar-refractivity contribution in [2.45, 2.75) is 48.8 Å². The number of nitrogens with zero attached hydrogens (tertiary/aromatic N) is 5. The highest BCUT2D eigenvalue weighted by atomic mass is 32.2. The maximum atomic E-state index is 13.3. The molecule has 6 rings (SSSR count). The van der Waals surface area contributed by atoms with E-state index in [-0.39, 0.29) is 22.0 Å². The number of rotatable bonds is 6. The lowest BCUT2D eigenvalue weighted by Gasteiger charge is -2.38. The number of fused-ring (bicyclic) bond motifs is 2. The van der Waals surface area contributed by atoms with Gasteiger partial charge in [0.2, 0.25) is 10.0 Å². The van der Waals surface area contributed by atoms with Gasteiger partial charge in [0.1, 0.15) is 16.7 Å². The average Bonchev–Trinajstić information content (AvgIpc) is 3.26. The van der Waals surface area contributed by atoms with Crippen LogP contribution in [0.2, 0.25) is 0 Å². The fraction of sp³-hybridized carbons (Fsp3) is 0.550. The third kappa shape index (κ3) is 3.77. The number of alkyl halides is 2. The molecule has 34 heavy (non-hydrogen) atoms. The van der Waals surface area contributed by atoms with Gasteiger partial charge in [0, 0.05) is 18.3 Å². The molecule has 2 atom stereocenters. The summed E-state index contributed by atoms with van der Waals surface area (Å²) in [5.74, 6) is 0. The molecule has 3 aromatic rings. The fourth-order valence-corrected chi connectivity index (χ4v) is 6.59. The predicted octanol–water partition coefficient (Wildman–Crippen LogP) is 2.23. The van der Waals surface area contributed by atoms with Crippen LogP contribution in [0, 0.1) is 0 Å². The Labute approximate surface area is 197 Å². The molecule has 1 aliphatic carbocycles. The van der Waals surface area contributed by atoms with Crippen LogP contribution in [-0.4, -0.2) is 72.0 Å². The number of aromatic nitrogens is 4. The summed E-state index contributed by atoms with van der Waals surface area (Å²) in [5, 5.41) is 7.29. The lowest BCUT2D eigenvalue weighted by atomic mass is 10.1. The highest BCUT2D eigenvalue weighted by molar-refractivity contribution is 7.89. The first-order valence-electron chi connectivity index (χ1n) is 10.9. The second-order valence-corrected chi connectivity index (χ2v) is 11.7. The van der Waals surface area contributed by atoms with Crippen LogP contribution in [0.25, 0.3) is 16.3 Å². The van der Waals surface area contributed by atoms with E-state index in [0.717, 1.165) is 24.2 Å². The van der Waals surface area contributed by atoms with Gasteiger partial charge >= 0.3 is 0 Å². The molecule has 182 valence electrons. The van der Waals surface area contributed by atoms with E-state index in [4.69, 9.17) is 9.47 Å². The van der Waals surface area contributed by atoms with Gasteiger partial charge in [-0.1, -0.05) is 11.3 Å². The lowest BCUT2D eigenvalue weighted by molar-refractivity contribution is 0.0225. The third-order valence-corrected chi connectivity index (χ3v) is 9.03. The number of morpholine rings is 1. The standard InChI is InChI=1S/C20H22F2N6O4S2/c1-20(2-3-20)26-34(29,30)11-6-12(27-4-5-32-15-10-31-9-14(15)27)17-23-7-13(28(17)8-11)18-24-25-19(33-18)16(21)22/h6-8,14-16,26H,2-5,9-10H2,1H3/t14-,15-/m0/s1. The van der Waals surface area contributed by atoms with Crippen molar-refractivity contribution in [2.75, 3.05) is 31.3 Å². The number of halogens is 2. The van der Waals surface area contributed by atoms with E-state index in [0.29, 0.717) is 43.4 Å². The van der Waals surface area contributed by atoms with Crippen LogP contribution >= 0.6 is 11.3 Å². The van der Waals surface area contributed by atoms with Gasteiger partial charge < -0.3 is 14.4 Å². The Bertz CT molecular complexity index is 1360. The van der Waals surface area contributed by atoms with Gasteiger partial charge in [-0.25, -0.2) is 26.9 Å². The SMILES string of the molecule is CC1(NS(=O)(=O)c2cc(N3CCO[C@H]4COC[C@@H]43)c3ncc(-c4nnc(C(F)F)s4)n3c2)CC1. The molecular formula is C20H22F2N6O4S2. The van der Waals surface area contributed by atoms with Crippen LogP contribution < -0.4 is 9.62 Å². The zero-order valence-electron chi connectivity index (χ0n) is 18.1. The van der Waals surface area contributed by atoms with Gasteiger partial charge in [0.15, 0.2) is 15.7 Å². The molecular weight excluding hydrogens is 490 g/mol. The maximum absolute atomic E-state index is 13.3. The first-order chi connectivity index (χ1) is 16.2. The van der Waals surface area contributed by atoms with Crippen LogP contribution in [0.15, 0.2) is 23.4 Å². The van der Waals surface area contributed by atoms with E-state index in [1.54, 1.807) is 10.5 Å². The molecule has 3 aliphatic rings. The van der Waals surface area contributed by atoms with Crippen molar-refractivity contribution in [1.82, 2.24) is 24.3 Å². The number of sulfonamides is 1. The summed E-state index contributed by atoms with van der Waals surface area (Å²) in [6.45, 7) is 3.78. The van der Waals surface area contributed by atoms with Gasteiger partial charge in [0.05, 0.1) is 37.7 Å². The van der Waals surface area contributed by atoms with Crippen molar-refractivity contribution in [3.05, 3.63) is 23.5 Å². The minimum absolute atomic E-state index is 0.0583. The van der Waals surface area contributed by atoms with E-state index in [9.17, 15) is 17.2 Å². The third-order valence-electron chi connectivity index (χ3n) is 6.47. The monoisotopic (exact) mass is 512 g/mol. The normalized spacial score (nSPS) is 24.2. The number of hydrogen-bond donors (Lipinski definition) is 1. The van der Waals surface area contributed by atoms with Gasteiger partial charge in [-0.15, -0.1) is 10.2 Å². The average molecular weight is 513 g/mol. The Morgan fingerprint density at radius 1 is 1.29 bits per heavy atom. The quantitative estimate of drug-likeness (QED) is 0.535. The molecule has 10 nitrogen and oxygen atoms in total. The van der Waals surface area contributed by atoms with Gasteiger partial charge in [-0.3, -0.25) is 4.40 Å². The van der Waals surface area contributed by atoms with Crippen molar-refractivity contribution < 1.29 is 26.7 Å². The van der Waals surface area contributed by atoms with E-state index >= 15 is 0 Å². The summed E-state index contributed by atoms with van der Waals surface area (Å²) >= 11 is 0.752. The smallest absolute Gasteiger partial charge is 0.291 e. The largest absolute Gasteiger partial charge is 0.376 e. The second-order valence-electron chi connectivity index (χ2n) is 9.02. The Kier molecular flexibility index (Phi) is 5.15. The fourth-order valence-electron chi connectivity index (χ4n) is 4.40. The molecule has 1 N–H and O–H groups in total. The van der Waals surface area contributed by atoms with Crippen LogP contribution in [0.3, 0.4) is 0 Å². The Balaban J connectivity index is 1.51. The van der Waals surface area contributed by atoms with Gasteiger partial charge in [-0.05, 0) is 25.8 Å². The Hall–Kier alpha value is -2.26. The number of pyridine rings is 1. The molecule has 2 saturated heterocycles. The topological polar surface area (TPSA) is 111 Å². The number of hydrogen-bond acceptors (Lipinski definition) is 9. The van der Waals surface area contributed by atoms with Crippen LogP contribution in [0.5, 0.6) is 0 Å². The van der Waals surface area contributed by atoms with Crippen molar-refractivity contribution in [1.29, 1.82) is 0 Å². The molecule has 3 aromatic heterocycles. The number of anilines is 1. The molecule has 2 aliphatic heterocycles. The minimum Gasteiger partial charge on any atom is -0.376 e. The summed E-state index contributed by atoms with van der Waals surface area (Å²) in [4.78, 5) is 6.65. The molecule has 0 amide bonds. The molecule has 0 aromatic carbocycles. The van der Waals surface area contributed by atoms with E-state index in [1.165, 1.54) is 12.4 Å².